The average Bonchev–Trinajstić information content (AvgIpc) is 2.73. The number of anilines is 1. The molecule has 2 heterocycles. The summed E-state index contributed by atoms with van der Waals surface area (Å²) in [5.74, 6) is 0.865. The van der Waals surface area contributed by atoms with Crippen molar-refractivity contribution in [3.8, 4) is 0 Å². The summed E-state index contributed by atoms with van der Waals surface area (Å²) in [6.45, 7) is 2.11. The monoisotopic (exact) mass is 196 g/mol. The third-order valence-corrected chi connectivity index (χ3v) is 2.47. The summed E-state index contributed by atoms with van der Waals surface area (Å²) < 4.78 is 7.02. The number of nitrogens with one attached hydrogen (secondary N) is 1. The maximum atomic E-state index is 6.09. The van der Waals surface area contributed by atoms with Gasteiger partial charge in [-0.25, -0.2) is 0 Å². The average molecular weight is 196 g/mol. The van der Waals surface area contributed by atoms with Crippen LogP contribution < -0.4 is 11.1 Å². The van der Waals surface area contributed by atoms with Crippen LogP contribution in [0.4, 0.5) is 5.82 Å². The Morgan fingerprint density at radius 2 is 2.64 bits per heavy atom. The predicted molar refractivity (Wildman–Crippen MR) is 54.1 cm³/mol. The van der Waals surface area contributed by atoms with Gasteiger partial charge in [-0.1, -0.05) is 0 Å². The molecule has 1 saturated heterocycles. The van der Waals surface area contributed by atoms with Crippen molar-refractivity contribution in [2.75, 3.05) is 25.1 Å². The zero-order valence-electron chi connectivity index (χ0n) is 8.36. The number of nitrogens with zero attached hydrogens (tertiary/aromatic N) is 2. The topological polar surface area (TPSA) is 65.1 Å². The lowest BCUT2D eigenvalue weighted by Crippen LogP contribution is -2.46. The molecule has 2 rings (SSSR count). The first kappa shape index (κ1) is 9.48. The van der Waals surface area contributed by atoms with E-state index in [2.05, 4.69) is 10.4 Å². The number of ether oxygens (including phenoxy) is 1. The van der Waals surface area contributed by atoms with Gasteiger partial charge in [-0.2, -0.15) is 5.10 Å². The van der Waals surface area contributed by atoms with Crippen LogP contribution in [0.15, 0.2) is 12.3 Å². The lowest BCUT2D eigenvalue weighted by molar-refractivity contribution is 0.180. The molecule has 0 spiro atoms. The quantitative estimate of drug-likeness (QED) is 0.711. The second kappa shape index (κ2) is 3.59. The highest BCUT2D eigenvalue weighted by Gasteiger charge is 2.30. The van der Waals surface area contributed by atoms with Gasteiger partial charge in [0.15, 0.2) is 0 Å². The molecule has 1 atom stereocenters. The van der Waals surface area contributed by atoms with Crippen LogP contribution in [0.25, 0.3) is 0 Å². The highest BCUT2D eigenvalue weighted by molar-refractivity contribution is 5.32. The van der Waals surface area contributed by atoms with E-state index < -0.39 is 0 Å². The fraction of sp³-hybridized carbons (Fsp3) is 0.667. The van der Waals surface area contributed by atoms with Crippen LogP contribution in [0, 0.1) is 0 Å². The normalized spacial score (nSPS) is 26.7. The van der Waals surface area contributed by atoms with Crippen LogP contribution in [0.3, 0.4) is 0 Å². The van der Waals surface area contributed by atoms with Crippen LogP contribution in [0.2, 0.25) is 0 Å². The van der Waals surface area contributed by atoms with E-state index >= 15 is 0 Å². The Morgan fingerprint density at radius 1 is 1.79 bits per heavy atom. The summed E-state index contributed by atoms with van der Waals surface area (Å²) in [5, 5.41) is 7.42. The van der Waals surface area contributed by atoms with E-state index in [0.29, 0.717) is 13.2 Å². The van der Waals surface area contributed by atoms with Crippen LogP contribution in [-0.2, 0) is 11.8 Å². The van der Waals surface area contributed by atoms with E-state index in [1.807, 2.05) is 19.3 Å². The molecule has 1 aromatic heterocycles. The van der Waals surface area contributed by atoms with Crippen LogP contribution >= 0.6 is 0 Å². The van der Waals surface area contributed by atoms with E-state index in [1.54, 1.807) is 4.68 Å². The molecule has 1 fully saturated rings. The Labute approximate surface area is 83.2 Å². The zero-order chi connectivity index (χ0) is 10.0. The summed E-state index contributed by atoms with van der Waals surface area (Å²) >= 11 is 0. The summed E-state index contributed by atoms with van der Waals surface area (Å²) in [6, 6.07) is 1.93. The van der Waals surface area contributed by atoms with Crippen molar-refractivity contribution < 1.29 is 4.74 Å². The van der Waals surface area contributed by atoms with Crippen molar-refractivity contribution in [2.24, 2.45) is 12.8 Å². The second-order valence-corrected chi connectivity index (χ2v) is 3.89. The van der Waals surface area contributed by atoms with Gasteiger partial charge in [-0.15, -0.1) is 0 Å². The standard InChI is InChI=1S/C9H16N4O/c1-13-4-2-8(12-13)11-6-9(10)3-5-14-7-9/h2,4H,3,5-7,10H2,1H3,(H,11,12). The molecule has 78 valence electrons. The van der Waals surface area contributed by atoms with Crippen LogP contribution in [0.1, 0.15) is 6.42 Å². The SMILES string of the molecule is Cn1ccc(NCC2(N)CCOC2)n1. The van der Waals surface area contributed by atoms with Crippen molar-refractivity contribution >= 4 is 5.82 Å². The van der Waals surface area contributed by atoms with Gasteiger partial charge in [0.25, 0.3) is 0 Å². The fourth-order valence-electron chi connectivity index (χ4n) is 1.54. The number of hydrogen-bond acceptors (Lipinski definition) is 4. The maximum absolute atomic E-state index is 6.09. The van der Waals surface area contributed by atoms with Crippen molar-refractivity contribution in [1.82, 2.24) is 9.78 Å². The molecule has 0 aromatic carbocycles. The molecule has 14 heavy (non-hydrogen) atoms. The molecule has 1 unspecified atom stereocenters. The van der Waals surface area contributed by atoms with Gasteiger partial charge in [0, 0.05) is 32.5 Å². The van der Waals surface area contributed by atoms with Gasteiger partial charge in [0.2, 0.25) is 0 Å². The Kier molecular flexibility index (Phi) is 2.43. The second-order valence-electron chi connectivity index (χ2n) is 3.89. The molecule has 0 bridgehead atoms. The molecule has 1 aromatic rings. The molecule has 0 saturated carbocycles. The van der Waals surface area contributed by atoms with Crippen molar-refractivity contribution in [3.05, 3.63) is 12.3 Å². The fourth-order valence-corrected chi connectivity index (χ4v) is 1.54. The van der Waals surface area contributed by atoms with Crippen LogP contribution in [0.5, 0.6) is 0 Å². The number of rotatable bonds is 3. The first-order valence-electron chi connectivity index (χ1n) is 4.78. The first-order valence-corrected chi connectivity index (χ1v) is 4.78. The Bertz CT molecular complexity index is 304. The van der Waals surface area contributed by atoms with E-state index in [0.717, 1.165) is 18.8 Å². The smallest absolute Gasteiger partial charge is 0.148 e. The number of hydrogen-bond donors (Lipinski definition) is 2. The van der Waals surface area contributed by atoms with Crippen LogP contribution in [-0.4, -0.2) is 35.1 Å². The van der Waals surface area contributed by atoms with Crippen molar-refractivity contribution in [2.45, 2.75) is 12.0 Å². The van der Waals surface area contributed by atoms with Gasteiger partial charge in [0.1, 0.15) is 5.82 Å². The van der Waals surface area contributed by atoms with Gasteiger partial charge in [0.05, 0.1) is 12.1 Å². The predicted octanol–water partition coefficient (Wildman–Crippen LogP) is -0.0502. The summed E-state index contributed by atoms with van der Waals surface area (Å²) in [5.41, 5.74) is 5.87. The minimum absolute atomic E-state index is 0.225. The highest BCUT2D eigenvalue weighted by atomic mass is 16.5. The molecule has 1 aliphatic rings. The molecular formula is C9H16N4O. The van der Waals surface area contributed by atoms with E-state index in [4.69, 9.17) is 10.5 Å². The number of nitrogens with two attached hydrogens (primary N) is 1. The Balaban J connectivity index is 1.87. The lowest BCUT2D eigenvalue weighted by atomic mass is 10.0. The summed E-state index contributed by atoms with van der Waals surface area (Å²) in [7, 11) is 1.89. The zero-order valence-corrected chi connectivity index (χ0v) is 8.36. The summed E-state index contributed by atoms with van der Waals surface area (Å²) in [6.07, 6.45) is 2.81. The molecule has 5 nitrogen and oxygen atoms in total. The van der Waals surface area contributed by atoms with Gasteiger partial charge in [-0.05, 0) is 6.42 Å². The van der Waals surface area contributed by atoms with Gasteiger partial charge in [-0.3, -0.25) is 4.68 Å². The molecule has 5 heteroatoms. The number of aryl methyl sites for hydroxylation is 1. The maximum Gasteiger partial charge on any atom is 0.148 e. The largest absolute Gasteiger partial charge is 0.379 e. The Morgan fingerprint density at radius 3 is 3.21 bits per heavy atom. The molecule has 0 aliphatic carbocycles. The first-order chi connectivity index (χ1) is 6.68. The molecule has 1 aliphatic heterocycles. The van der Waals surface area contributed by atoms with Crippen molar-refractivity contribution in [3.63, 3.8) is 0 Å². The molecular weight excluding hydrogens is 180 g/mol. The highest BCUT2D eigenvalue weighted by Crippen LogP contribution is 2.15. The molecule has 0 amide bonds. The Hall–Kier alpha value is -1.07. The number of aromatic nitrogens is 2. The molecule has 3 N–H and O–H groups in total. The third kappa shape index (κ3) is 2.05. The minimum Gasteiger partial charge on any atom is -0.379 e. The van der Waals surface area contributed by atoms with E-state index in [9.17, 15) is 0 Å². The summed E-state index contributed by atoms with van der Waals surface area (Å²) in [4.78, 5) is 0. The van der Waals surface area contributed by atoms with Gasteiger partial charge < -0.3 is 15.8 Å². The van der Waals surface area contributed by atoms with E-state index in [-0.39, 0.29) is 5.54 Å². The lowest BCUT2D eigenvalue weighted by Gasteiger charge is -2.21. The third-order valence-electron chi connectivity index (χ3n) is 2.47. The van der Waals surface area contributed by atoms with Gasteiger partial charge >= 0.3 is 0 Å². The van der Waals surface area contributed by atoms with E-state index in [1.165, 1.54) is 0 Å². The minimum atomic E-state index is -0.225. The van der Waals surface area contributed by atoms with Crippen molar-refractivity contribution in [1.29, 1.82) is 0 Å². The molecule has 0 radical (unpaired) electrons.